The molecule has 0 aromatic heterocycles. The summed E-state index contributed by atoms with van der Waals surface area (Å²) in [6, 6.07) is 17.8. The van der Waals surface area contributed by atoms with Crippen molar-refractivity contribution in [2.24, 2.45) is 5.92 Å². The highest BCUT2D eigenvalue weighted by Gasteiger charge is 2.25. The molecule has 3 rings (SSSR count). The maximum Gasteiger partial charge on any atom is 0.333 e. The molecule has 5 heteroatoms. The molecule has 0 N–H and O–H groups in total. The minimum absolute atomic E-state index is 0.134. The molecule has 0 saturated heterocycles. The Bertz CT molecular complexity index is 1280. The van der Waals surface area contributed by atoms with Crippen LogP contribution in [0.3, 0.4) is 0 Å². The largest absolute Gasteiger partial charge is 0.494 e. The molecule has 0 heterocycles. The van der Waals surface area contributed by atoms with Gasteiger partial charge in [0.1, 0.15) is 17.0 Å². The lowest BCUT2D eigenvalue weighted by Crippen LogP contribution is -2.28. The zero-order chi connectivity index (χ0) is 36.4. The molecule has 0 bridgehead atoms. The van der Waals surface area contributed by atoms with E-state index in [1.165, 1.54) is 68.1 Å². The Balaban J connectivity index is 1.23. The quantitative estimate of drug-likeness (QED) is 0.0660. The van der Waals surface area contributed by atoms with Gasteiger partial charge in [-0.05, 0) is 139 Å². The first-order valence-electron chi connectivity index (χ1n) is 19.8. The van der Waals surface area contributed by atoms with Crippen molar-refractivity contribution in [3.8, 4) is 16.9 Å². The van der Waals surface area contributed by atoms with Crippen LogP contribution in [0.4, 0.5) is 0 Å². The standard InChI is InChI=1S/C45H68O5/c1-8-9-13-18-36-20-22-37(23-21-36)38-24-26-39(27-25-38)40-28-30-41(31-29-40)48-34-17-11-10-15-32-44(4,5)49-42(46)19-14-12-16-33-45(6,7)50-43(47)35(2)3/h24-31,36-37H,2,8-23,32-34H2,1,3-7H3. The van der Waals surface area contributed by atoms with Crippen molar-refractivity contribution in [2.45, 2.75) is 174 Å². The Morgan fingerprint density at radius 3 is 1.86 bits per heavy atom. The molecule has 1 saturated carbocycles. The molecule has 0 unspecified atom stereocenters. The lowest BCUT2D eigenvalue weighted by Gasteiger charge is -2.29. The number of benzene rings is 2. The van der Waals surface area contributed by atoms with E-state index in [1.807, 2.05) is 27.7 Å². The van der Waals surface area contributed by atoms with Crippen LogP contribution in [0.2, 0.25) is 0 Å². The fourth-order valence-electron chi connectivity index (χ4n) is 7.15. The predicted octanol–water partition coefficient (Wildman–Crippen LogP) is 12.7. The number of hydrogen-bond acceptors (Lipinski definition) is 5. The summed E-state index contributed by atoms with van der Waals surface area (Å²) in [5.74, 6) is 2.11. The number of ether oxygens (including phenoxy) is 3. The number of hydrogen-bond donors (Lipinski definition) is 0. The fourth-order valence-corrected chi connectivity index (χ4v) is 7.15. The van der Waals surface area contributed by atoms with Gasteiger partial charge in [-0.2, -0.15) is 0 Å². The highest BCUT2D eigenvalue weighted by molar-refractivity contribution is 5.87. The maximum absolute atomic E-state index is 12.4. The Morgan fingerprint density at radius 1 is 0.700 bits per heavy atom. The molecular formula is C45H68O5. The summed E-state index contributed by atoms with van der Waals surface area (Å²) in [6.45, 7) is 16.1. The van der Waals surface area contributed by atoms with Crippen molar-refractivity contribution in [1.29, 1.82) is 0 Å². The van der Waals surface area contributed by atoms with Crippen molar-refractivity contribution in [1.82, 2.24) is 0 Å². The van der Waals surface area contributed by atoms with Crippen LogP contribution in [0, 0.1) is 5.92 Å². The second-order valence-corrected chi connectivity index (χ2v) is 16.1. The first kappa shape index (κ1) is 41.3. The molecule has 0 amide bonds. The molecule has 1 fully saturated rings. The van der Waals surface area contributed by atoms with Crippen molar-refractivity contribution in [3.05, 3.63) is 66.2 Å². The molecule has 1 aliphatic rings. The van der Waals surface area contributed by atoms with Gasteiger partial charge in [-0.1, -0.05) is 94.8 Å². The average molecular weight is 689 g/mol. The van der Waals surface area contributed by atoms with Crippen molar-refractivity contribution >= 4 is 11.9 Å². The van der Waals surface area contributed by atoms with Crippen LogP contribution in [0.5, 0.6) is 5.75 Å². The van der Waals surface area contributed by atoms with E-state index < -0.39 is 11.2 Å². The third-order valence-electron chi connectivity index (χ3n) is 10.3. The molecule has 0 spiro atoms. The molecular weight excluding hydrogens is 620 g/mol. The summed E-state index contributed by atoms with van der Waals surface area (Å²) in [4.78, 5) is 24.2. The van der Waals surface area contributed by atoms with E-state index >= 15 is 0 Å². The number of rotatable bonds is 23. The summed E-state index contributed by atoms with van der Waals surface area (Å²) >= 11 is 0. The van der Waals surface area contributed by atoms with Crippen LogP contribution in [-0.2, 0) is 19.1 Å². The van der Waals surface area contributed by atoms with Gasteiger partial charge in [0.05, 0.1) is 6.61 Å². The second kappa shape index (κ2) is 21.3. The van der Waals surface area contributed by atoms with E-state index in [1.54, 1.807) is 6.92 Å². The van der Waals surface area contributed by atoms with Crippen molar-refractivity contribution in [2.75, 3.05) is 6.61 Å². The van der Waals surface area contributed by atoms with Crippen LogP contribution >= 0.6 is 0 Å². The number of carbonyl (C=O) groups is 2. The minimum Gasteiger partial charge on any atom is -0.494 e. The third-order valence-corrected chi connectivity index (χ3v) is 10.3. The average Bonchev–Trinajstić information content (AvgIpc) is 3.08. The highest BCUT2D eigenvalue weighted by atomic mass is 16.6. The molecule has 0 radical (unpaired) electrons. The van der Waals surface area contributed by atoms with E-state index in [0.29, 0.717) is 18.6 Å². The van der Waals surface area contributed by atoms with Crippen LogP contribution in [0.25, 0.3) is 11.1 Å². The summed E-state index contributed by atoms with van der Waals surface area (Å²) in [5, 5.41) is 0. The summed E-state index contributed by atoms with van der Waals surface area (Å²) < 4.78 is 17.3. The molecule has 0 atom stereocenters. The molecule has 0 aliphatic heterocycles. The monoisotopic (exact) mass is 689 g/mol. The van der Waals surface area contributed by atoms with Gasteiger partial charge in [-0.3, -0.25) is 4.79 Å². The Labute approximate surface area is 304 Å². The van der Waals surface area contributed by atoms with Gasteiger partial charge in [0, 0.05) is 12.0 Å². The van der Waals surface area contributed by atoms with Gasteiger partial charge in [-0.15, -0.1) is 0 Å². The van der Waals surface area contributed by atoms with E-state index in [4.69, 9.17) is 14.2 Å². The van der Waals surface area contributed by atoms with Crippen molar-refractivity contribution < 1.29 is 23.8 Å². The van der Waals surface area contributed by atoms with E-state index in [9.17, 15) is 9.59 Å². The number of unbranched alkanes of at least 4 members (excludes halogenated alkanes) is 7. The van der Waals surface area contributed by atoms with Crippen LogP contribution in [0.15, 0.2) is 60.7 Å². The van der Waals surface area contributed by atoms with Gasteiger partial charge < -0.3 is 14.2 Å². The molecule has 5 nitrogen and oxygen atoms in total. The zero-order valence-electron chi connectivity index (χ0n) is 32.5. The van der Waals surface area contributed by atoms with Crippen LogP contribution in [-0.4, -0.2) is 29.7 Å². The van der Waals surface area contributed by atoms with Gasteiger partial charge in [-0.25, -0.2) is 4.79 Å². The van der Waals surface area contributed by atoms with Gasteiger partial charge >= 0.3 is 11.9 Å². The lowest BCUT2D eigenvalue weighted by molar-refractivity contribution is -0.157. The molecule has 1 aliphatic carbocycles. The predicted molar refractivity (Wildman–Crippen MR) is 208 cm³/mol. The Morgan fingerprint density at radius 2 is 1.26 bits per heavy atom. The molecule has 278 valence electrons. The molecule has 2 aromatic rings. The molecule has 50 heavy (non-hydrogen) atoms. The van der Waals surface area contributed by atoms with Gasteiger partial charge in [0.25, 0.3) is 0 Å². The zero-order valence-corrected chi connectivity index (χ0v) is 32.5. The number of carbonyl (C=O) groups excluding carboxylic acids is 2. The number of esters is 2. The highest BCUT2D eigenvalue weighted by Crippen LogP contribution is 2.38. The van der Waals surface area contributed by atoms with Crippen LogP contribution in [0.1, 0.15) is 169 Å². The molecule has 2 aromatic carbocycles. The Kier molecular flexibility index (Phi) is 17.6. The Hall–Kier alpha value is -3.08. The van der Waals surface area contributed by atoms with E-state index in [2.05, 4.69) is 62.0 Å². The fraction of sp³-hybridized carbons (Fsp3) is 0.644. The smallest absolute Gasteiger partial charge is 0.333 e. The second-order valence-electron chi connectivity index (χ2n) is 16.1. The minimum atomic E-state index is -0.532. The SMILES string of the molecule is C=C(C)C(=O)OC(C)(C)CCCCCC(=O)OC(C)(C)CCCCCCOc1ccc(-c2ccc(C3CCC(CCCCC)CC3)cc2)cc1. The van der Waals surface area contributed by atoms with Crippen molar-refractivity contribution in [3.63, 3.8) is 0 Å². The summed E-state index contributed by atoms with van der Waals surface area (Å²) in [5.41, 5.74) is 3.43. The van der Waals surface area contributed by atoms with E-state index in [0.717, 1.165) is 75.4 Å². The first-order chi connectivity index (χ1) is 23.9. The van der Waals surface area contributed by atoms with Crippen LogP contribution < -0.4 is 4.74 Å². The normalized spacial score (nSPS) is 16.5. The summed E-state index contributed by atoms with van der Waals surface area (Å²) in [6.07, 6.45) is 19.8. The lowest BCUT2D eigenvalue weighted by atomic mass is 9.77. The van der Waals surface area contributed by atoms with E-state index in [-0.39, 0.29) is 11.9 Å². The van der Waals surface area contributed by atoms with Gasteiger partial charge in [0.2, 0.25) is 0 Å². The third kappa shape index (κ3) is 15.9. The summed E-state index contributed by atoms with van der Waals surface area (Å²) in [7, 11) is 0. The first-order valence-corrected chi connectivity index (χ1v) is 19.8. The maximum atomic E-state index is 12.4. The topological polar surface area (TPSA) is 61.8 Å². The van der Waals surface area contributed by atoms with Gasteiger partial charge in [0.15, 0.2) is 0 Å².